The molecule has 0 aromatic rings. The van der Waals surface area contributed by atoms with Crippen LogP contribution in [0.2, 0.25) is 0 Å². The Hall–Kier alpha value is -0.730. The molecule has 0 unspecified atom stereocenters. The Morgan fingerprint density at radius 2 is 1.33 bits per heavy atom. The van der Waals surface area contributed by atoms with E-state index in [0.717, 1.165) is 39.0 Å². The summed E-state index contributed by atoms with van der Waals surface area (Å²) in [6, 6.07) is 0.301. The molecule has 0 N–H and O–H groups in total. The van der Waals surface area contributed by atoms with Crippen molar-refractivity contribution >= 4 is 6.03 Å². The van der Waals surface area contributed by atoms with Crippen LogP contribution in [0.15, 0.2) is 0 Å². The fourth-order valence-electron chi connectivity index (χ4n) is 3.08. The number of carbonyl (C=O) groups excluding carboxylic acids is 1. The predicted molar refractivity (Wildman–Crippen MR) is 74.6 cm³/mol. The molecule has 0 spiro atoms. The summed E-state index contributed by atoms with van der Waals surface area (Å²) in [5.74, 6) is 0. The Labute approximate surface area is 112 Å². The molecule has 0 aromatic heterocycles. The molecule has 0 aliphatic carbocycles. The van der Waals surface area contributed by atoms with Gasteiger partial charge in [-0.1, -0.05) is 26.7 Å². The van der Waals surface area contributed by atoms with E-state index < -0.39 is 0 Å². The van der Waals surface area contributed by atoms with Gasteiger partial charge in [-0.05, 0) is 37.5 Å². The molecule has 2 rings (SSSR count). The van der Waals surface area contributed by atoms with Crippen molar-refractivity contribution in [1.82, 2.24) is 9.80 Å². The van der Waals surface area contributed by atoms with E-state index in [1.54, 1.807) is 0 Å². The van der Waals surface area contributed by atoms with E-state index in [-0.39, 0.29) is 0 Å². The molecule has 2 aliphatic rings. The van der Waals surface area contributed by atoms with Crippen LogP contribution >= 0.6 is 0 Å². The van der Waals surface area contributed by atoms with Gasteiger partial charge in [0.05, 0.1) is 0 Å². The summed E-state index contributed by atoms with van der Waals surface area (Å²) in [5, 5.41) is 0. The Balaban J connectivity index is 1.91. The van der Waals surface area contributed by atoms with Crippen LogP contribution in [0.25, 0.3) is 0 Å². The van der Waals surface area contributed by atoms with E-state index >= 15 is 0 Å². The Kier molecular flexibility index (Phi) is 4.52. The topological polar surface area (TPSA) is 23.6 Å². The van der Waals surface area contributed by atoms with E-state index in [9.17, 15) is 4.79 Å². The van der Waals surface area contributed by atoms with Gasteiger partial charge in [0.1, 0.15) is 0 Å². The zero-order valence-electron chi connectivity index (χ0n) is 12.1. The molecule has 2 fully saturated rings. The van der Waals surface area contributed by atoms with Gasteiger partial charge in [-0.2, -0.15) is 0 Å². The second-order valence-corrected chi connectivity index (χ2v) is 6.69. The fourth-order valence-corrected chi connectivity index (χ4v) is 3.08. The average Bonchev–Trinajstić information content (AvgIpc) is 2.68. The first-order chi connectivity index (χ1) is 8.58. The largest absolute Gasteiger partial charge is 0.325 e. The van der Waals surface area contributed by atoms with Crippen LogP contribution in [0.5, 0.6) is 0 Å². The lowest BCUT2D eigenvalue weighted by atomic mass is 9.85. The summed E-state index contributed by atoms with van der Waals surface area (Å²) in [7, 11) is 0. The Morgan fingerprint density at radius 1 is 0.778 bits per heavy atom. The molecule has 104 valence electrons. The van der Waals surface area contributed by atoms with Crippen molar-refractivity contribution in [2.24, 2.45) is 5.41 Å². The minimum atomic E-state index is 0.301. The van der Waals surface area contributed by atoms with Crippen LogP contribution in [-0.4, -0.2) is 42.0 Å². The molecule has 0 bridgehead atoms. The van der Waals surface area contributed by atoms with E-state index in [2.05, 4.69) is 23.6 Å². The van der Waals surface area contributed by atoms with E-state index in [1.807, 2.05) is 0 Å². The van der Waals surface area contributed by atoms with Crippen LogP contribution in [0, 0.1) is 5.41 Å². The monoisotopic (exact) mass is 252 g/mol. The lowest BCUT2D eigenvalue weighted by molar-refractivity contribution is 0.154. The van der Waals surface area contributed by atoms with Gasteiger partial charge in [0, 0.05) is 26.2 Å². The highest BCUT2D eigenvalue weighted by molar-refractivity contribution is 5.74. The van der Waals surface area contributed by atoms with Gasteiger partial charge in [0.25, 0.3) is 0 Å². The van der Waals surface area contributed by atoms with E-state index in [0.29, 0.717) is 11.4 Å². The van der Waals surface area contributed by atoms with Gasteiger partial charge >= 0.3 is 6.03 Å². The Morgan fingerprint density at radius 3 is 2.00 bits per heavy atom. The van der Waals surface area contributed by atoms with Crippen molar-refractivity contribution in [1.29, 1.82) is 0 Å². The smallest absolute Gasteiger partial charge is 0.319 e. The number of hydrogen-bond donors (Lipinski definition) is 0. The third-order valence-electron chi connectivity index (χ3n) is 4.49. The molecular formula is C15H28N2O. The van der Waals surface area contributed by atoms with Crippen molar-refractivity contribution in [3.05, 3.63) is 0 Å². The quantitative estimate of drug-likeness (QED) is 0.647. The highest BCUT2D eigenvalue weighted by atomic mass is 16.2. The van der Waals surface area contributed by atoms with E-state index in [4.69, 9.17) is 0 Å². The number of likely N-dealkylation sites (tertiary alicyclic amines) is 2. The lowest BCUT2D eigenvalue weighted by Crippen LogP contribution is -2.44. The van der Waals surface area contributed by atoms with Gasteiger partial charge in [-0.15, -0.1) is 0 Å². The molecule has 2 heterocycles. The van der Waals surface area contributed by atoms with Crippen molar-refractivity contribution in [2.45, 2.75) is 58.8 Å². The van der Waals surface area contributed by atoms with Crippen LogP contribution < -0.4 is 0 Å². The normalized spacial score (nSPS) is 25.4. The van der Waals surface area contributed by atoms with Crippen molar-refractivity contribution in [3.63, 3.8) is 0 Å². The number of amides is 2. The first-order valence-corrected chi connectivity index (χ1v) is 7.62. The molecule has 3 heteroatoms. The zero-order chi connectivity index (χ0) is 13.0. The third kappa shape index (κ3) is 3.63. The molecule has 0 saturated carbocycles. The average molecular weight is 252 g/mol. The molecule has 2 aliphatic heterocycles. The summed E-state index contributed by atoms with van der Waals surface area (Å²) >= 11 is 0. The van der Waals surface area contributed by atoms with Gasteiger partial charge in [0.15, 0.2) is 0 Å². The number of hydrogen-bond acceptors (Lipinski definition) is 1. The molecule has 0 atom stereocenters. The maximum absolute atomic E-state index is 12.5. The minimum Gasteiger partial charge on any atom is -0.325 e. The first kappa shape index (κ1) is 13.7. The standard InChI is InChI=1S/C15H28N2O/c1-15(2)8-7-12-17(13-9-15)14(18)16-10-5-3-4-6-11-16/h3-13H2,1-2H3. The van der Waals surface area contributed by atoms with Crippen molar-refractivity contribution in [2.75, 3.05) is 26.2 Å². The second kappa shape index (κ2) is 5.94. The fraction of sp³-hybridized carbons (Fsp3) is 0.933. The van der Waals surface area contributed by atoms with Gasteiger partial charge in [-0.25, -0.2) is 4.79 Å². The van der Waals surface area contributed by atoms with Crippen LogP contribution in [0.4, 0.5) is 4.79 Å². The molecule has 2 amide bonds. The summed E-state index contributed by atoms with van der Waals surface area (Å²) in [4.78, 5) is 16.7. The number of rotatable bonds is 0. The van der Waals surface area contributed by atoms with Gasteiger partial charge in [0.2, 0.25) is 0 Å². The van der Waals surface area contributed by atoms with Crippen LogP contribution in [0.3, 0.4) is 0 Å². The zero-order valence-corrected chi connectivity index (χ0v) is 12.1. The highest BCUT2D eigenvalue weighted by Crippen LogP contribution is 2.30. The molecule has 0 aromatic carbocycles. The van der Waals surface area contributed by atoms with Crippen molar-refractivity contribution < 1.29 is 4.79 Å². The number of urea groups is 1. The molecule has 0 radical (unpaired) electrons. The number of carbonyl (C=O) groups is 1. The maximum Gasteiger partial charge on any atom is 0.319 e. The van der Waals surface area contributed by atoms with Crippen molar-refractivity contribution in [3.8, 4) is 0 Å². The number of nitrogens with zero attached hydrogens (tertiary/aromatic N) is 2. The van der Waals surface area contributed by atoms with Gasteiger partial charge < -0.3 is 9.80 Å². The minimum absolute atomic E-state index is 0.301. The van der Waals surface area contributed by atoms with Gasteiger partial charge in [-0.3, -0.25) is 0 Å². The first-order valence-electron chi connectivity index (χ1n) is 7.62. The highest BCUT2D eigenvalue weighted by Gasteiger charge is 2.27. The maximum atomic E-state index is 12.5. The molecule has 2 saturated heterocycles. The summed E-state index contributed by atoms with van der Waals surface area (Å²) in [6.45, 7) is 8.50. The van der Waals surface area contributed by atoms with E-state index in [1.165, 1.54) is 32.1 Å². The second-order valence-electron chi connectivity index (χ2n) is 6.69. The molecule has 18 heavy (non-hydrogen) atoms. The summed E-state index contributed by atoms with van der Waals surface area (Å²) in [6.07, 6.45) is 8.50. The predicted octanol–water partition coefficient (Wildman–Crippen LogP) is 3.49. The van der Waals surface area contributed by atoms with Crippen LogP contribution in [0.1, 0.15) is 58.8 Å². The summed E-state index contributed by atoms with van der Waals surface area (Å²) < 4.78 is 0. The SMILES string of the molecule is CC1(C)CCCN(C(=O)N2CCCCCC2)CC1. The lowest BCUT2D eigenvalue weighted by Gasteiger charge is -2.29. The molecular weight excluding hydrogens is 224 g/mol. The third-order valence-corrected chi connectivity index (χ3v) is 4.49. The Bertz CT molecular complexity index is 280. The summed E-state index contributed by atoms with van der Waals surface area (Å²) in [5.41, 5.74) is 0.411. The molecule has 3 nitrogen and oxygen atoms in total. The van der Waals surface area contributed by atoms with Crippen LogP contribution in [-0.2, 0) is 0 Å².